The summed E-state index contributed by atoms with van der Waals surface area (Å²) in [4.78, 5) is 6.91. The molecule has 0 radical (unpaired) electrons. The van der Waals surface area contributed by atoms with Gasteiger partial charge in [-0.1, -0.05) is 20.8 Å². The lowest BCUT2D eigenvalue weighted by Gasteiger charge is -2.04. The molecule has 70 valence electrons. The minimum absolute atomic E-state index is 0.264. The molecule has 3 heteroatoms. The second kappa shape index (κ2) is 6.85. The maximum atomic E-state index is 5.72. The van der Waals surface area contributed by atoms with Gasteiger partial charge in [0.25, 0.3) is 0 Å². The third-order valence-corrected chi connectivity index (χ3v) is 1.56. The molecule has 3 N–H and O–H groups in total. The number of rotatable bonds is 3. The fourth-order valence-corrected chi connectivity index (χ4v) is 0.823. The third kappa shape index (κ3) is 4.13. The fraction of sp³-hybridized carbons (Fsp3) is 0.667. The van der Waals surface area contributed by atoms with Crippen molar-refractivity contribution >= 4 is 0 Å². The van der Waals surface area contributed by atoms with E-state index < -0.39 is 0 Å². The van der Waals surface area contributed by atoms with E-state index in [9.17, 15) is 0 Å². The average molecular weight is 169 g/mol. The molecule has 0 fully saturated rings. The van der Waals surface area contributed by atoms with Gasteiger partial charge in [-0.3, -0.25) is 0 Å². The lowest BCUT2D eigenvalue weighted by molar-refractivity contribution is 0.638. The first-order valence-electron chi connectivity index (χ1n) is 4.55. The van der Waals surface area contributed by atoms with Gasteiger partial charge in [0, 0.05) is 24.4 Å². The zero-order chi connectivity index (χ0) is 9.40. The average Bonchev–Trinajstić information content (AvgIpc) is 2.60. The van der Waals surface area contributed by atoms with Crippen LogP contribution in [-0.2, 0) is 6.42 Å². The van der Waals surface area contributed by atoms with Gasteiger partial charge in [-0.05, 0) is 6.42 Å². The topological polar surface area (TPSA) is 54.7 Å². The Balaban J connectivity index is 0.000000561. The summed E-state index contributed by atoms with van der Waals surface area (Å²) < 4.78 is 0. The van der Waals surface area contributed by atoms with Crippen LogP contribution >= 0.6 is 0 Å². The minimum Gasteiger partial charge on any atom is -0.348 e. The Hall–Kier alpha value is -0.830. The van der Waals surface area contributed by atoms with Crippen LogP contribution in [0.5, 0.6) is 0 Å². The summed E-state index contributed by atoms with van der Waals surface area (Å²) in [7, 11) is 0. The molecule has 0 amide bonds. The zero-order valence-electron chi connectivity index (χ0n) is 8.17. The fourth-order valence-electron chi connectivity index (χ4n) is 0.823. The highest BCUT2D eigenvalue weighted by Crippen LogP contribution is 1.97. The molecule has 1 atom stereocenters. The smallest absolute Gasteiger partial charge is 0.0921 e. The van der Waals surface area contributed by atoms with E-state index in [-0.39, 0.29) is 6.04 Å². The molecule has 3 nitrogen and oxygen atoms in total. The molecular weight excluding hydrogens is 150 g/mol. The molecule has 0 bridgehead atoms. The summed E-state index contributed by atoms with van der Waals surface area (Å²) in [5.74, 6) is 0. The van der Waals surface area contributed by atoms with Gasteiger partial charge in [-0.15, -0.1) is 0 Å². The van der Waals surface area contributed by atoms with Gasteiger partial charge < -0.3 is 10.7 Å². The van der Waals surface area contributed by atoms with Crippen LogP contribution in [0.2, 0.25) is 0 Å². The van der Waals surface area contributed by atoms with E-state index in [1.54, 1.807) is 6.33 Å². The summed E-state index contributed by atoms with van der Waals surface area (Å²) in [6, 6.07) is 0.264. The zero-order valence-corrected chi connectivity index (χ0v) is 8.17. The molecule has 0 aromatic carbocycles. The number of hydrogen-bond acceptors (Lipinski definition) is 2. The molecule has 0 saturated carbocycles. The van der Waals surface area contributed by atoms with Crippen molar-refractivity contribution in [2.45, 2.75) is 39.7 Å². The minimum atomic E-state index is 0.264. The number of nitrogens with zero attached hydrogens (tertiary/aromatic N) is 1. The predicted molar refractivity (Wildman–Crippen MR) is 51.9 cm³/mol. The molecule has 0 aliphatic rings. The van der Waals surface area contributed by atoms with E-state index in [1.165, 1.54) is 0 Å². The van der Waals surface area contributed by atoms with E-state index in [2.05, 4.69) is 16.9 Å². The lowest BCUT2D eigenvalue weighted by atomic mass is 10.1. The summed E-state index contributed by atoms with van der Waals surface area (Å²) in [6.07, 6.45) is 5.41. The van der Waals surface area contributed by atoms with Gasteiger partial charge in [0.05, 0.1) is 6.33 Å². The predicted octanol–water partition coefficient (Wildman–Crippen LogP) is 1.72. The van der Waals surface area contributed by atoms with Gasteiger partial charge in [-0.25, -0.2) is 4.98 Å². The monoisotopic (exact) mass is 169 g/mol. The van der Waals surface area contributed by atoms with Crippen LogP contribution in [0.1, 0.15) is 32.9 Å². The molecule has 0 saturated heterocycles. The van der Waals surface area contributed by atoms with E-state index in [0.717, 1.165) is 18.5 Å². The summed E-state index contributed by atoms with van der Waals surface area (Å²) in [5, 5.41) is 0. The van der Waals surface area contributed by atoms with Crippen molar-refractivity contribution in [1.82, 2.24) is 9.97 Å². The number of nitrogens with two attached hydrogens (primary N) is 1. The van der Waals surface area contributed by atoms with Crippen LogP contribution in [0, 0.1) is 0 Å². The standard InChI is InChI=1S/C7H13N3.C2H6/c1-2-6(8)3-7-4-9-5-10-7;1-2/h4-6H,2-3,8H2,1H3,(H,9,10);1-2H3/t6-;/m0./s1. The van der Waals surface area contributed by atoms with Gasteiger partial charge in [-0.2, -0.15) is 0 Å². The van der Waals surface area contributed by atoms with Crippen molar-refractivity contribution in [3.8, 4) is 0 Å². The molecule has 1 rings (SSSR count). The SMILES string of the molecule is CC.CC[C@H](N)Cc1cnc[nH]1. The van der Waals surface area contributed by atoms with E-state index in [0.29, 0.717) is 0 Å². The molecule has 1 heterocycles. The maximum Gasteiger partial charge on any atom is 0.0921 e. The highest BCUT2D eigenvalue weighted by Gasteiger charge is 2.00. The van der Waals surface area contributed by atoms with Gasteiger partial charge in [0.2, 0.25) is 0 Å². The van der Waals surface area contributed by atoms with Crippen molar-refractivity contribution in [2.75, 3.05) is 0 Å². The highest BCUT2D eigenvalue weighted by molar-refractivity contribution is 4.96. The van der Waals surface area contributed by atoms with Crippen LogP contribution in [-0.4, -0.2) is 16.0 Å². The van der Waals surface area contributed by atoms with E-state index >= 15 is 0 Å². The van der Waals surface area contributed by atoms with Gasteiger partial charge >= 0.3 is 0 Å². The highest BCUT2D eigenvalue weighted by atomic mass is 14.9. The van der Waals surface area contributed by atoms with Gasteiger partial charge in [0.1, 0.15) is 0 Å². The second-order valence-electron chi connectivity index (χ2n) is 2.45. The number of imidazole rings is 1. The lowest BCUT2D eigenvalue weighted by Crippen LogP contribution is -2.21. The van der Waals surface area contributed by atoms with E-state index in [1.807, 2.05) is 20.0 Å². The summed E-state index contributed by atoms with van der Waals surface area (Å²) in [6.45, 7) is 6.08. The molecular formula is C9H19N3. The number of hydrogen-bond donors (Lipinski definition) is 2. The van der Waals surface area contributed by atoms with Crippen molar-refractivity contribution in [2.24, 2.45) is 5.73 Å². The number of aromatic nitrogens is 2. The molecule has 12 heavy (non-hydrogen) atoms. The molecule has 0 unspecified atom stereocenters. The summed E-state index contributed by atoms with van der Waals surface area (Å²) >= 11 is 0. The first-order chi connectivity index (χ1) is 5.83. The Labute approximate surface area is 74.4 Å². The van der Waals surface area contributed by atoms with Crippen LogP contribution in [0.3, 0.4) is 0 Å². The second-order valence-corrected chi connectivity index (χ2v) is 2.45. The van der Waals surface area contributed by atoms with Crippen LogP contribution in [0.15, 0.2) is 12.5 Å². The first-order valence-corrected chi connectivity index (χ1v) is 4.55. The molecule has 0 spiro atoms. The number of aromatic amines is 1. The van der Waals surface area contributed by atoms with Crippen molar-refractivity contribution in [3.63, 3.8) is 0 Å². The Morgan fingerprint density at radius 1 is 1.58 bits per heavy atom. The van der Waals surface area contributed by atoms with Crippen LogP contribution in [0.25, 0.3) is 0 Å². The van der Waals surface area contributed by atoms with Crippen molar-refractivity contribution in [1.29, 1.82) is 0 Å². The maximum absolute atomic E-state index is 5.72. The number of H-pyrrole nitrogens is 1. The van der Waals surface area contributed by atoms with Crippen molar-refractivity contribution < 1.29 is 0 Å². The van der Waals surface area contributed by atoms with Gasteiger partial charge in [0.15, 0.2) is 0 Å². The van der Waals surface area contributed by atoms with Crippen LogP contribution < -0.4 is 5.73 Å². The largest absolute Gasteiger partial charge is 0.348 e. The molecule has 0 aliphatic heterocycles. The Morgan fingerprint density at radius 2 is 2.25 bits per heavy atom. The normalized spacial score (nSPS) is 11.7. The van der Waals surface area contributed by atoms with E-state index in [4.69, 9.17) is 5.73 Å². The van der Waals surface area contributed by atoms with Crippen molar-refractivity contribution in [3.05, 3.63) is 18.2 Å². The summed E-state index contributed by atoms with van der Waals surface area (Å²) in [5.41, 5.74) is 6.84. The Kier molecular flexibility index (Phi) is 6.38. The van der Waals surface area contributed by atoms with Crippen LogP contribution in [0.4, 0.5) is 0 Å². The third-order valence-electron chi connectivity index (χ3n) is 1.56. The molecule has 1 aromatic rings. The quantitative estimate of drug-likeness (QED) is 0.723. The molecule has 1 aromatic heterocycles. The number of nitrogens with one attached hydrogen (secondary N) is 1. The Bertz CT molecular complexity index is 170. The Morgan fingerprint density at radius 3 is 2.67 bits per heavy atom. The first kappa shape index (κ1) is 11.2. The molecule has 0 aliphatic carbocycles.